The highest BCUT2D eigenvalue weighted by Crippen LogP contribution is 2.62. The Morgan fingerprint density at radius 2 is 1.93 bits per heavy atom. The normalized spacial score (nSPS) is 43.2. The lowest BCUT2D eigenvalue weighted by Crippen LogP contribution is -2.52. The summed E-state index contributed by atoms with van der Waals surface area (Å²) in [5.41, 5.74) is 0.391. The van der Waals surface area contributed by atoms with Crippen LogP contribution in [0.1, 0.15) is 39.0 Å². The fourth-order valence-electron chi connectivity index (χ4n) is 7.03. The molecule has 7 heteroatoms. The van der Waals surface area contributed by atoms with E-state index in [1.807, 2.05) is 6.07 Å². The zero-order valence-electron chi connectivity index (χ0n) is 17.8. The first kappa shape index (κ1) is 19.0. The van der Waals surface area contributed by atoms with Crippen molar-refractivity contribution in [3.8, 4) is 0 Å². The average Bonchev–Trinajstić information content (AvgIpc) is 3.46. The second kappa shape index (κ2) is 6.89. The van der Waals surface area contributed by atoms with Crippen molar-refractivity contribution < 1.29 is 14.3 Å². The molecule has 0 bridgehead atoms. The van der Waals surface area contributed by atoms with E-state index >= 15 is 0 Å². The Bertz CT molecular complexity index is 808. The van der Waals surface area contributed by atoms with E-state index in [1.54, 1.807) is 12.4 Å². The third-order valence-electron chi connectivity index (χ3n) is 8.74. The van der Waals surface area contributed by atoms with E-state index in [0.717, 1.165) is 58.1 Å². The summed E-state index contributed by atoms with van der Waals surface area (Å²) < 4.78 is 12.0. The summed E-state index contributed by atoms with van der Waals surface area (Å²) in [5, 5.41) is 0. The Hall–Kier alpha value is -1.73. The summed E-state index contributed by atoms with van der Waals surface area (Å²) in [4.78, 5) is 26.3. The number of anilines is 1. The van der Waals surface area contributed by atoms with Crippen molar-refractivity contribution >= 4 is 11.9 Å². The van der Waals surface area contributed by atoms with Gasteiger partial charge in [0.05, 0.1) is 18.1 Å². The van der Waals surface area contributed by atoms with Gasteiger partial charge in [-0.3, -0.25) is 9.69 Å². The van der Waals surface area contributed by atoms with Crippen LogP contribution in [0.15, 0.2) is 18.5 Å². The lowest BCUT2D eigenvalue weighted by molar-refractivity contribution is -0.147. The molecule has 3 aliphatic heterocycles. The standard InChI is InChI=1S/C23H32N4O3/c1-22-4-2-5-23(15-29-23)19(22)12-16-17(20(28)30-18(16)13-22)14-26-8-10-27(11-9-26)21-24-6-3-7-25-21/h3,6-7,16-19H,2,4-5,8-15H2,1H3/t16-,17+,18+,19+,22+,23+/m0/s1. The molecule has 162 valence electrons. The van der Waals surface area contributed by atoms with Crippen LogP contribution in [0.3, 0.4) is 0 Å². The molecule has 2 saturated carbocycles. The predicted molar refractivity (Wildman–Crippen MR) is 111 cm³/mol. The maximum Gasteiger partial charge on any atom is 0.310 e. The van der Waals surface area contributed by atoms with E-state index in [1.165, 1.54) is 19.3 Å². The van der Waals surface area contributed by atoms with Crippen LogP contribution in [-0.2, 0) is 14.3 Å². The molecular weight excluding hydrogens is 380 g/mol. The van der Waals surface area contributed by atoms with Crippen LogP contribution < -0.4 is 4.90 Å². The molecule has 4 heterocycles. The number of nitrogens with zero attached hydrogens (tertiary/aromatic N) is 4. The van der Waals surface area contributed by atoms with E-state index in [4.69, 9.17) is 9.47 Å². The number of fused-ring (bicyclic) bond motifs is 3. The quantitative estimate of drug-likeness (QED) is 0.556. The summed E-state index contributed by atoms with van der Waals surface area (Å²) in [7, 11) is 0. The Morgan fingerprint density at radius 1 is 1.17 bits per heavy atom. The molecule has 6 atom stereocenters. The zero-order chi connectivity index (χ0) is 20.3. The van der Waals surface area contributed by atoms with Crippen molar-refractivity contribution in [1.29, 1.82) is 0 Å². The molecule has 0 amide bonds. The second-order valence-electron chi connectivity index (χ2n) is 10.4. The fourth-order valence-corrected chi connectivity index (χ4v) is 7.03. The maximum atomic E-state index is 12.9. The number of epoxide rings is 1. The maximum absolute atomic E-state index is 12.9. The van der Waals surface area contributed by atoms with Gasteiger partial charge in [0.2, 0.25) is 5.95 Å². The fraction of sp³-hybridized carbons (Fsp3) is 0.783. The van der Waals surface area contributed by atoms with E-state index in [9.17, 15) is 4.79 Å². The number of piperazine rings is 1. The third kappa shape index (κ3) is 3.04. The Kier molecular flexibility index (Phi) is 4.36. The van der Waals surface area contributed by atoms with Gasteiger partial charge in [-0.25, -0.2) is 9.97 Å². The molecule has 0 unspecified atom stereocenters. The number of ether oxygens (including phenoxy) is 2. The van der Waals surface area contributed by atoms with Gasteiger partial charge in [0.1, 0.15) is 6.10 Å². The highest BCUT2D eigenvalue weighted by molar-refractivity contribution is 5.75. The van der Waals surface area contributed by atoms with Crippen molar-refractivity contribution in [2.24, 2.45) is 23.2 Å². The lowest BCUT2D eigenvalue weighted by Gasteiger charge is -2.51. The van der Waals surface area contributed by atoms with Crippen molar-refractivity contribution in [2.75, 3.05) is 44.2 Å². The van der Waals surface area contributed by atoms with E-state index < -0.39 is 0 Å². The van der Waals surface area contributed by atoms with Crippen LogP contribution >= 0.6 is 0 Å². The van der Waals surface area contributed by atoms with Crippen LogP contribution in [0.25, 0.3) is 0 Å². The number of esters is 1. The molecule has 0 N–H and O–H groups in total. The minimum atomic E-state index is 0.0109. The van der Waals surface area contributed by atoms with Gasteiger partial charge in [0.25, 0.3) is 0 Å². The summed E-state index contributed by atoms with van der Waals surface area (Å²) in [5.74, 6) is 1.79. The Morgan fingerprint density at radius 3 is 2.67 bits per heavy atom. The predicted octanol–water partition coefficient (Wildman–Crippen LogP) is 2.13. The summed E-state index contributed by atoms with van der Waals surface area (Å²) in [6.07, 6.45) is 9.51. The number of aromatic nitrogens is 2. The first-order chi connectivity index (χ1) is 14.6. The van der Waals surface area contributed by atoms with Crippen molar-refractivity contribution in [2.45, 2.75) is 50.7 Å². The first-order valence-electron chi connectivity index (χ1n) is 11.7. The van der Waals surface area contributed by atoms with Crippen LogP contribution in [0.5, 0.6) is 0 Å². The van der Waals surface area contributed by atoms with Crippen LogP contribution in [0.2, 0.25) is 0 Å². The highest BCUT2D eigenvalue weighted by atomic mass is 16.6. The van der Waals surface area contributed by atoms with Gasteiger partial charge in [0, 0.05) is 51.0 Å². The van der Waals surface area contributed by atoms with Gasteiger partial charge in [-0.2, -0.15) is 0 Å². The second-order valence-corrected chi connectivity index (χ2v) is 10.4. The van der Waals surface area contributed by atoms with Gasteiger partial charge in [-0.15, -0.1) is 0 Å². The van der Waals surface area contributed by atoms with Gasteiger partial charge < -0.3 is 14.4 Å². The van der Waals surface area contributed by atoms with Crippen LogP contribution in [0, 0.1) is 23.2 Å². The molecular formula is C23H32N4O3. The van der Waals surface area contributed by atoms with Gasteiger partial charge >= 0.3 is 5.97 Å². The molecule has 7 nitrogen and oxygen atoms in total. The van der Waals surface area contributed by atoms with Gasteiger partial charge in [0.15, 0.2) is 0 Å². The van der Waals surface area contributed by atoms with Crippen molar-refractivity contribution in [1.82, 2.24) is 14.9 Å². The smallest absolute Gasteiger partial charge is 0.310 e. The largest absolute Gasteiger partial charge is 0.462 e. The van der Waals surface area contributed by atoms with E-state index in [0.29, 0.717) is 11.8 Å². The number of hydrogen-bond acceptors (Lipinski definition) is 7. The molecule has 2 aliphatic carbocycles. The van der Waals surface area contributed by atoms with Gasteiger partial charge in [-0.05, 0) is 49.5 Å². The molecule has 30 heavy (non-hydrogen) atoms. The van der Waals surface area contributed by atoms with Crippen LogP contribution in [-0.4, -0.2) is 71.9 Å². The molecule has 5 aliphatic rings. The molecule has 1 aromatic heterocycles. The highest BCUT2D eigenvalue weighted by Gasteiger charge is 2.65. The Labute approximate surface area is 178 Å². The Balaban J connectivity index is 1.12. The summed E-state index contributed by atoms with van der Waals surface area (Å²) in [6.45, 7) is 7.84. The minimum absolute atomic E-state index is 0.0109. The zero-order valence-corrected chi connectivity index (χ0v) is 17.8. The number of carbonyl (C=O) groups is 1. The topological polar surface area (TPSA) is 71.1 Å². The van der Waals surface area contributed by atoms with Gasteiger partial charge in [-0.1, -0.05) is 6.92 Å². The molecule has 0 aromatic carbocycles. The SMILES string of the molecule is C[C@]12CCC[C@@]3(CO3)[C@@H]1C[C@@H]1[C@@H](C2)OC(=O)[C@@H]1CN1CCN(c2ncccn2)CC1. The molecule has 1 spiro atoms. The monoisotopic (exact) mass is 412 g/mol. The third-order valence-corrected chi connectivity index (χ3v) is 8.74. The van der Waals surface area contributed by atoms with Crippen molar-refractivity contribution in [3.05, 3.63) is 18.5 Å². The average molecular weight is 413 g/mol. The molecule has 5 fully saturated rings. The van der Waals surface area contributed by atoms with Crippen LogP contribution in [0.4, 0.5) is 5.95 Å². The molecule has 0 radical (unpaired) electrons. The molecule has 3 saturated heterocycles. The number of carbonyl (C=O) groups excluding carboxylic acids is 1. The minimum Gasteiger partial charge on any atom is -0.462 e. The first-order valence-corrected chi connectivity index (χ1v) is 11.7. The number of rotatable bonds is 3. The van der Waals surface area contributed by atoms with E-state index in [-0.39, 0.29) is 29.0 Å². The number of hydrogen-bond donors (Lipinski definition) is 0. The summed E-state index contributed by atoms with van der Waals surface area (Å²) >= 11 is 0. The lowest BCUT2D eigenvalue weighted by atomic mass is 9.53. The van der Waals surface area contributed by atoms with Crippen molar-refractivity contribution in [3.63, 3.8) is 0 Å². The van der Waals surface area contributed by atoms with E-state index in [2.05, 4.69) is 26.7 Å². The molecule has 6 rings (SSSR count). The molecule has 1 aromatic rings. The summed E-state index contributed by atoms with van der Waals surface area (Å²) in [6, 6.07) is 1.85.